The smallest absolute Gasteiger partial charge is 1.00 e. The van der Waals surface area contributed by atoms with Crippen LogP contribution in [0.3, 0.4) is 0 Å². The molecule has 0 radical (unpaired) electrons. The number of benzene rings is 2. The van der Waals surface area contributed by atoms with Gasteiger partial charge in [-0.1, -0.05) is 49.2 Å². The van der Waals surface area contributed by atoms with Crippen LogP contribution in [0.2, 0.25) is 0 Å². The van der Waals surface area contributed by atoms with Gasteiger partial charge in [0.15, 0.2) is 0 Å². The standard InChI is InChI=1S/C15H13.C5H5.CH2.2ClH.Ti/c1-10-7-13-9-12-5-3-4-6-14(12)15(13)8-11(10)2;1-2-4-5-3-1;;;;/h3-6,8H,9H2,1-2H3;1-3H,4H2;1H2;2*1H;/q2*-1;;;;+2/p-2. The molecule has 0 bridgehead atoms. The van der Waals surface area contributed by atoms with Gasteiger partial charge in [-0.25, -0.2) is 12.2 Å². The molecule has 124 valence electrons. The Morgan fingerprint density at radius 1 is 1.04 bits per heavy atom. The number of hydrogen-bond donors (Lipinski definition) is 0. The van der Waals surface area contributed by atoms with Crippen LogP contribution in [0.1, 0.15) is 28.7 Å². The summed E-state index contributed by atoms with van der Waals surface area (Å²) in [7, 11) is 0. The van der Waals surface area contributed by atoms with Crippen LogP contribution in [0, 0.1) is 26.0 Å². The van der Waals surface area contributed by atoms with Crippen LogP contribution in [0.15, 0.2) is 48.6 Å². The fourth-order valence-electron chi connectivity index (χ4n) is 2.65. The third-order valence-electron chi connectivity index (χ3n) is 3.88. The maximum absolute atomic E-state index is 3.50. The van der Waals surface area contributed by atoms with Gasteiger partial charge in [0.2, 0.25) is 0 Å². The van der Waals surface area contributed by atoms with Gasteiger partial charge in [-0.3, -0.25) is 6.08 Å². The molecule has 0 aromatic heterocycles. The van der Waals surface area contributed by atoms with E-state index in [2.05, 4.69) is 67.2 Å². The zero-order valence-corrected chi connectivity index (χ0v) is 17.1. The average Bonchev–Trinajstić information content (AvgIpc) is 3.21. The average molecular weight is 391 g/mol. The van der Waals surface area contributed by atoms with Crippen molar-refractivity contribution in [3.63, 3.8) is 0 Å². The van der Waals surface area contributed by atoms with Gasteiger partial charge in [0.1, 0.15) is 0 Å². The minimum absolute atomic E-state index is 0. The van der Waals surface area contributed by atoms with E-state index >= 15 is 0 Å². The molecule has 2 aliphatic carbocycles. The number of hydrogen-bond acceptors (Lipinski definition) is 0. The molecule has 4 rings (SSSR count). The maximum Gasteiger partial charge on any atom is -1.00 e. The molecule has 0 heterocycles. The first-order valence-corrected chi connectivity index (χ1v) is 8.54. The van der Waals surface area contributed by atoms with E-state index in [-0.39, 0.29) is 24.8 Å². The van der Waals surface area contributed by atoms with E-state index in [0.717, 1.165) is 12.8 Å². The van der Waals surface area contributed by atoms with E-state index in [4.69, 9.17) is 0 Å². The molecule has 0 saturated heterocycles. The number of halogens is 2. The molecule has 0 unspecified atom stereocenters. The molecular formula is C21H20Cl2Ti-2. The predicted molar refractivity (Wildman–Crippen MR) is 91.7 cm³/mol. The normalized spacial score (nSPS) is 11.7. The van der Waals surface area contributed by atoms with E-state index in [9.17, 15) is 0 Å². The van der Waals surface area contributed by atoms with Crippen molar-refractivity contribution in [1.29, 1.82) is 0 Å². The second-order valence-electron chi connectivity index (χ2n) is 5.31. The summed E-state index contributed by atoms with van der Waals surface area (Å²) >= 11 is 1.75. The molecule has 0 N–H and O–H groups in total. The van der Waals surface area contributed by atoms with Gasteiger partial charge in [0, 0.05) is 0 Å². The summed E-state index contributed by atoms with van der Waals surface area (Å²) < 4.78 is 0. The molecule has 3 heteroatoms. The Hall–Kier alpha value is -0.916. The fourth-order valence-corrected chi connectivity index (χ4v) is 2.65. The fraction of sp³-hybridized carbons (Fsp3) is 0.190. The molecule has 0 aliphatic heterocycles. The Kier molecular flexibility index (Phi) is 11.2. The van der Waals surface area contributed by atoms with Crippen molar-refractivity contribution in [2.24, 2.45) is 0 Å². The summed E-state index contributed by atoms with van der Waals surface area (Å²) in [6.07, 6.45) is 11.0. The zero-order chi connectivity index (χ0) is 15.9. The monoisotopic (exact) mass is 390 g/mol. The second-order valence-corrected chi connectivity index (χ2v) is 5.31. The Balaban J connectivity index is 0.000000505. The van der Waals surface area contributed by atoms with Gasteiger partial charge in [0.25, 0.3) is 0 Å². The van der Waals surface area contributed by atoms with Crippen LogP contribution in [-0.2, 0) is 26.4 Å². The van der Waals surface area contributed by atoms with Crippen LogP contribution in [0.25, 0.3) is 11.1 Å². The van der Waals surface area contributed by atoms with Gasteiger partial charge in [-0.05, 0) is 6.42 Å². The molecule has 0 spiro atoms. The molecule has 0 amide bonds. The summed E-state index contributed by atoms with van der Waals surface area (Å²) in [5.41, 5.74) is 8.20. The number of rotatable bonds is 0. The van der Waals surface area contributed by atoms with E-state index < -0.39 is 0 Å². The van der Waals surface area contributed by atoms with Gasteiger partial charge in [-0.2, -0.15) is 29.3 Å². The van der Waals surface area contributed by atoms with Crippen molar-refractivity contribution in [2.75, 3.05) is 0 Å². The maximum atomic E-state index is 3.50. The largest absolute Gasteiger partial charge is 1.00 e. The van der Waals surface area contributed by atoms with E-state index in [1.165, 1.54) is 33.4 Å². The Morgan fingerprint density at radius 3 is 2.33 bits per heavy atom. The minimum atomic E-state index is 0. The molecule has 2 aromatic rings. The number of allylic oxidation sites excluding steroid dienone is 4. The van der Waals surface area contributed by atoms with E-state index in [1.54, 1.807) is 20.0 Å². The van der Waals surface area contributed by atoms with Crippen molar-refractivity contribution < 1.29 is 44.8 Å². The number of fused-ring (bicyclic) bond motifs is 3. The first-order chi connectivity index (χ1) is 10.8. The molecule has 0 nitrogen and oxygen atoms in total. The van der Waals surface area contributed by atoms with Crippen LogP contribution in [-0.4, -0.2) is 4.82 Å². The van der Waals surface area contributed by atoms with Gasteiger partial charge in [0.05, 0.1) is 0 Å². The summed E-state index contributed by atoms with van der Waals surface area (Å²) in [5.74, 6) is 0. The first-order valence-electron chi connectivity index (χ1n) is 7.43. The molecule has 2 aliphatic rings. The summed E-state index contributed by atoms with van der Waals surface area (Å²) in [6.45, 7) is 4.30. The SMILES string of the molecule is Cc1[c-]c2c(cc1C)-c1ccccc1C2.[C-]1=CC=CC1.[CH2]=[Ti+2].[Cl-].[Cl-]. The summed E-state index contributed by atoms with van der Waals surface area (Å²) in [5, 5.41) is 0. The predicted octanol–water partition coefficient (Wildman–Crippen LogP) is -1.05. The first kappa shape index (κ1) is 23.1. The topological polar surface area (TPSA) is 0 Å². The summed E-state index contributed by atoms with van der Waals surface area (Å²) in [4.78, 5) is 3.25. The molecule has 0 fully saturated rings. The summed E-state index contributed by atoms with van der Waals surface area (Å²) in [6, 6.07) is 14.5. The van der Waals surface area contributed by atoms with E-state index in [0.29, 0.717) is 0 Å². The van der Waals surface area contributed by atoms with Gasteiger partial charge >= 0.3 is 24.8 Å². The third-order valence-corrected chi connectivity index (χ3v) is 3.88. The van der Waals surface area contributed by atoms with Crippen LogP contribution in [0.4, 0.5) is 0 Å². The number of aryl methyl sites for hydroxylation is 2. The molecule has 0 saturated carbocycles. The van der Waals surface area contributed by atoms with Gasteiger partial charge in [-0.15, -0.1) is 17.5 Å². The molecule has 2 aromatic carbocycles. The molecular weight excluding hydrogens is 371 g/mol. The zero-order valence-electron chi connectivity index (χ0n) is 14.0. The minimum Gasteiger partial charge on any atom is -1.00 e. The van der Waals surface area contributed by atoms with Gasteiger partial charge < -0.3 is 24.8 Å². The third kappa shape index (κ3) is 5.57. The quantitative estimate of drug-likeness (QED) is 0.339. The van der Waals surface area contributed by atoms with Crippen molar-refractivity contribution in [2.45, 2.75) is 26.7 Å². The van der Waals surface area contributed by atoms with Crippen molar-refractivity contribution in [3.8, 4) is 11.1 Å². The molecule has 0 atom stereocenters. The van der Waals surface area contributed by atoms with Crippen LogP contribution in [0.5, 0.6) is 0 Å². The Labute approximate surface area is 169 Å². The molecule has 24 heavy (non-hydrogen) atoms. The van der Waals surface area contributed by atoms with Crippen LogP contribution < -0.4 is 24.8 Å². The second kappa shape index (κ2) is 11.6. The van der Waals surface area contributed by atoms with Crippen molar-refractivity contribution in [3.05, 3.63) is 83.0 Å². The van der Waals surface area contributed by atoms with Crippen molar-refractivity contribution in [1.82, 2.24) is 0 Å². The van der Waals surface area contributed by atoms with E-state index in [1.807, 2.05) is 12.2 Å². The van der Waals surface area contributed by atoms with Crippen molar-refractivity contribution >= 4 is 4.82 Å². The Morgan fingerprint density at radius 2 is 1.75 bits per heavy atom. The Bertz CT molecular complexity index is 708. The van der Waals surface area contributed by atoms with Crippen LogP contribution >= 0.6 is 0 Å².